The number of rotatable bonds is 4. The minimum Gasteiger partial charge on any atom is -0.344 e. The van der Waals surface area contributed by atoms with Gasteiger partial charge < -0.3 is 9.47 Å². The first kappa shape index (κ1) is 18.5. The Kier molecular flexibility index (Phi) is 4.99. The molecular weight excluding hydrogens is 362 g/mol. The third-order valence-corrected chi connectivity index (χ3v) is 7.20. The summed E-state index contributed by atoms with van der Waals surface area (Å²) in [6.07, 6.45) is 6.36. The first-order valence-electron chi connectivity index (χ1n) is 9.77. The van der Waals surface area contributed by atoms with E-state index in [0.717, 1.165) is 12.8 Å². The second-order valence-corrected chi connectivity index (χ2v) is 9.58. The number of aryl methyl sites for hydroxylation is 2. The van der Waals surface area contributed by atoms with Gasteiger partial charge in [0.15, 0.2) is 0 Å². The number of nitrogens with zero attached hydrogens (tertiary/aromatic N) is 3. The van der Waals surface area contributed by atoms with E-state index in [1.807, 2.05) is 0 Å². The van der Waals surface area contributed by atoms with Crippen LogP contribution in [0.5, 0.6) is 0 Å². The monoisotopic (exact) mass is 389 g/mol. The second kappa shape index (κ2) is 7.28. The number of fused-ring (bicyclic) bond motifs is 3. The molecule has 1 aliphatic carbocycles. The van der Waals surface area contributed by atoms with Crippen LogP contribution in [0.4, 0.5) is 0 Å². The smallest absolute Gasteiger partial charge is 0.224 e. The summed E-state index contributed by atoms with van der Waals surface area (Å²) in [7, 11) is -3.17. The van der Waals surface area contributed by atoms with Crippen molar-refractivity contribution in [3.63, 3.8) is 0 Å². The number of carbonyl (C=O) groups excluding carboxylic acids is 1. The van der Waals surface area contributed by atoms with E-state index in [-0.39, 0.29) is 5.91 Å². The summed E-state index contributed by atoms with van der Waals surface area (Å²) < 4.78 is 27.0. The average Bonchev–Trinajstić information content (AvgIpc) is 2.99. The molecule has 0 bridgehead atoms. The number of piperazine rings is 1. The van der Waals surface area contributed by atoms with Crippen LogP contribution in [0.15, 0.2) is 24.3 Å². The number of benzene rings is 1. The molecule has 7 heteroatoms. The lowest BCUT2D eigenvalue weighted by Gasteiger charge is -2.33. The topological polar surface area (TPSA) is 62.6 Å². The van der Waals surface area contributed by atoms with Crippen LogP contribution in [0.2, 0.25) is 0 Å². The van der Waals surface area contributed by atoms with Crippen LogP contribution in [0.1, 0.15) is 30.5 Å². The molecule has 0 unspecified atom stereocenters. The highest BCUT2D eigenvalue weighted by molar-refractivity contribution is 7.88. The van der Waals surface area contributed by atoms with Gasteiger partial charge in [-0.1, -0.05) is 18.2 Å². The van der Waals surface area contributed by atoms with Crippen LogP contribution in [-0.2, 0) is 34.2 Å². The molecule has 2 heterocycles. The zero-order valence-electron chi connectivity index (χ0n) is 15.9. The maximum absolute atomic E-state index is 12.7. The minimum atomic E-state index is -3.17. The minimum absolute atomic E-state index is 0.116. The van der Waals surface area contributed by atoms with Crippen molar-refractivity contribution in [3.8, 4) is 0 Å². The summed E-state index contributed by atoms with van der Waals surface area (Å²) in [5.74, 6) is 0.116. The number of sulfonamides is 1. The van der Waals surface area contributed by atoms with Gasteiger partial charge in [0.2, 0.25) is 15.9 Å². The van der Waals surface area contributed by atoms with E-state index in [2.05, 4.69) is 28.8 Å². The van der Waals surface area contributed by atoms with Gasteiger partial charge >= 0.3 is 0 Å². The molecular formula is C20H27N3O3S. The predicted octanol–water partition coefficient (Wildman–Crippen LogP) is 2.01. The third kappa shape index (κ3) is 3.62. The van der Waals surface area contributed by atoms with E-state index in [0.29, 0.717) is 39.1 Å². The number of carbonyl (C=O) groups is 1. The number of hydrogen-bond acceptors (Lipinski definition) is 3. The van der Waals surface area contributed by atoms with E-state index in [9.17, 15) is 13.2 Å². The van der Waals surface area contributed by atoms with E-state index < -0.39 is 10.0 Å². The standard InChI is InChI=1S/C20H27N3O3S/c1-27(25,26)22-14-12-21(13-15-22)20(24)10-11-23-18-8-4-2-6-16(18)17-7-3-5-9-19(17)23/h2,4,6,8H,3,5,7,9-15H2,1H3. The van der Waals surface area contributed by atoms with Crippen molar-refractivity contribution in [2.24, 2.45) is 0 Å². The maximum atomic E-state index is 12.7. The lowest BCUT2D eigenvalue weighted by molar-refractivity contribution is -0.132. The maximum Gasteiger partial charge on any atom is 0.224 e. The summed E-state index contributed by atoms with van der Waals surface area (Å²) in [6.45, 7) is 2.45. The summed E-state index contributed by atoms with van der Waals surface area (Å²) in [5, 5.41) is 1.33. The summed E-state index contributed by atoms with van der Waals surface area (Å²) in [6, 6.07) is 8.51. The molecule has 2 aliphatic rings. The van der Waals surface area contributed by atoms with Crippen molar-refractivity contribution in [1.82, 2.24) is 13.8 Å². The first-order valence-corrected chi connectivity index (χ1v) is 11.6. The van der Waals surface area contributed by atoms with Crippen molar-refractivity contribution in [2.75, 3.05) is 32.4 Å². The molecule has 27 heavy (non-hydrogen) atoms. The van der Waals surface area contributed by atoms with Gasteiger partial charge in [-0.05, 0) is 37.3 Å². The van der Waals surface area contributed by atoms with E-state index in [1.54, 1.807) is 4.90 Å². The van der Waals surface area contributed by atoms with Gasteiger partial charge in [0.1, 0.15) is 0 Å². The Hall–Kier alpha value is -1.86. The molecule has 0 radical (unpaired) electrons. The van der Waals surface area contributed by atoms with Crippen LogP contribution in [0.25, 0.3) is 10.9 Å². The van der Waals surface area contributed by atoms with Crippen molar-refractivity contribution < 1.29 is 13.2 Å². The van der Waals surface area contributed by atoms with Gasteiger partial charge in [-0.15, -0.1) is 0 Å². The number of amides is 1. The molecule has 4 rings (SSSR count). The molecule has 0 saturated carbocycles. The molecule has 0 spiro atoms. The fraction of sp³-hybridized carbons (Fsp3) is 0.550. The molecule has 1 fully saturated rings. The van der Waals surface area contributed by atoms with Crippen LogP contribution in [0, 0.1) is 0 Å². The van der Waals surface area contributed by atoms with Crippen molar-refractivity contribution in [3.05, 3.63) is 35.5 Å². The molecule has 1 saturated heterocycles. The Morgan fingerprint density at radius 3 is 2.48 bits per heavy atom. The molecule has 1 aromatic carbocycles. The number of aromatic nitrogens is 1. The van der Waals surface area contributed by atoms with Crippen molar-refractivity contribution >= 4 is 26.8 Å². The number of hydrogen-bond donors (Lipinski definition) is 0. The quantitative estimate of drug-likeness (QED) is 0.804. The second-order valence-electron chi connectivity index (χ2n) is 7.59. The molecule has 0 atom stereocenters. The molecule has 146 valence electrons. The van der Waals surface area contributed by atoms with Crippen LogP contribution >= 0.6 is 0 Å². The number of para-hydroxylation sites is 1. The van der Waals surface area contributed by atoms with Gasteiger partial charge in [0, 0.05) is 55.7 Å². The van der Waals surface area contributed by atoms with E-state index >= 15 is 0 Å². The Morgan fingerprint density at radius 2 is 1.74 bits per heavy atom. The van der Waals surface area contributed by atoms with Gasteiger partial charge in [-0.3, -0.25) is 4.79 Å². The van der Waals surface area contributed by atoms with Gasteiger partial charge in [-0.2, -0.15) is 4.31 Å². The SMILES string of the molecule is CS(=O)(=O)N1CCN(C(=O)CCn2c3c(c4ccccc42)CCCC3)CC1. The molecule has 2 aromatic rings. The fourth-order valence-electron chi connectivity index (χ4n) is 4.48. The van der Waals surface area contributed by atoms with E-state index in [4.69, 9.17) is 0 Å². The van der Waals surface area contributed by atoms with Crippen molar-refractivity contribution in [2.45, 2.75) is 38.6 Å². The highest BCUT2D eigenvalue weighted by Crippen LogP contribution is 2.32. The van der Waals surface area contributed by atoms with Crippen LogP contribution < -0.4 is 0 Å². The van der Waals surface area contributed by atoms with Gasteiger partial charge in [-0.25, -0.2) is 8.42 Å². The molecule has 0 N–H and O–H groups in total. The summed E-state index contributed by atoms with van der Waals surface area (Å²) in [5.41, 5.74) is 4.10. The molecule has 6 nitrogen and oxygen atoms in total. The summed E-state index contributed by atoms with van der Waals surface area (Å²) in [4.78, 5) is 14.5. The summed E-state index contributed by atoms with van der Waals surface area (Å²) >= 11 is 0. The predicted molar refractivity (Wildman–Crippen MR) is 106 cm³/mol. The normalized spacial score (nSPS) is 18.6. The zero-order chi connectivity index (χ0) is 19.0. The highest BCUT2D eigenvalue weighted by atomic mass is 32.2. The van der Waals surface area contributed by atoms with Gasteiger partial charge in [0.05, 0.1) is 6.26 Å². The Bertz CT molecular complexity index is 956. The Labute approximate surface area is 160 Å². The van der Waals surface area contributed by atoms with E-state index in [1.165, 1.54) is 45.6 Å². The van der Waals surface area contributed by atoms with Gasteiger partial charge in [0.25, 0.3) is 0 Å². The lowest BCUT2D eigenvalue weighted by Crippen LogP contribution is -2.50. The first-order chi connectivity index (χ1) is 12.9. The molecule has 1 aliphatic heterocycles. The average molecular weight is 390 g/mol. The molecule has 1 amide bonds. The molecule has 1 aromatic heterocycles. The Morgan fingerprint density at radius 1 is 1.04 bits per heavy atom. The highest BCUT2D eigenvalue weighted by Gasteiger charge is 2.26. The zero-order valence-corrected chi connectivity index (χ0v) is 16.7. The lowest BCUT2D eigenvalue weighted by atomic mass is 9.95. The van der Waals surface area contributed by atoms with Crippen LogP contribution in [-0.4, -0.2) is 60.5 Å². The van der Waals surface area contributed by atoms with Crippen molar-refractivity contribution in [1.29, 1.82) is 0 Å². The largest absolute Gasteiger partial charge is 0.344 e. The fourth-order valence-corrected chi connectivity index (χ4v) is 5.30. The van der Waals surface area contributed by atoms with Crippen LogP contribution in [0.3, 0.4) is 0 Å². The third-order valence-electron chi connectivity index (χ3n) is 5.89. The Balaban J connectivity index is 1.46.